The van der Waals surface area contributed by atoms with Gasteiger partial charge in [-0.05, 0) is 55.6 Å². The van der Waals surface area contributed by atoms with Gasteiger partial charge in [0, 0.05) is 17.1 Å². The monoisotopic (exact) mass is 390 g/mol. The van der Waals surface area contributed by atoms with Gasteiger partial charge in [-0.1, -0.05) is 23.2 Å². The first-order valence-corrected chi connectivity index (χ1v) is 8.91. The molecule has 9 heteroatoms. The zero-order chi connectivity index (χ0) is 19.4. The molecule has 2 aliphatic rings. The van der Waals surface area contributed by atoms with Gasteiger partial charge in [0.25, 0.3) is 0 Å². The van der Waals surface area contributed by atoms with E-state index < -0.39 is 11.9 Å². The summed E-state index contributed by atoms with van der Waals surface area (Å²) in [6.07, 6.45) is 4.76. The Bertz CT molecular complexity index is 887. The SMILES string of the molecule is Clc1ccc2c(c1)C(=C1CCNCC1)c1ncnn1CC2.O=C(O)C(=O)O. The van der Waals surface area contributed by atoms with E-state index in [-0.39, 0.29) is 0 Å². The Balaban J connectivity index is 0.000000307. The van der Waals surface area contributed by atoms with Crippen LogP contribution in [0.3, 0.4) is 0 Å². The lowest BCUT2D eigenvalue weighted by Crippen LogP contribution is -2.24. The fraction of sp³-hybridized carbons (Fsp3) is 0.333. The van der Waals surface area contributed by atoms with Crippen LogP contribution in [0, 0.1) is 0 Å². The van der Waals surface area contributed by atoms with Gasteiger partial charge in [0.1, 0.15) is 6.33 Å². The first-order valence-electron chi connectivity index (χ1n) is 8.53. The molecule has 0 aliphatic carbocycles. The van der Waals surface area contributed by atoms with Crippen molar-refractivity contribution in [3.05, 3.63) is 52.1 Å². The standard InChI is InChI=1S/C16H17ClN4.C2H2O4/c17-13-2-1-11-5-8-21-16(19-10-20-21)15(14(11)9-13)12-3-6-18-7-4-12;3-1(4)2(5)6/h1-2,9-10,18H,3-8H2;(H,3,4)(H,5,6). The molecule has 0 bridgehead atoms. The number of aromatic nitrogens is 3. The van der Waals surface area contributed by atoms with E-state index >= 15 is 0 Å². The number of aryl methyl sites for hydroxylation is 2. The summed E-state index contributed by atoms with van der Waals surface area (Å²) in [6, 6.07) is 6.21. The van der Waals surface area contributed by atoms with Crippen LogP contribution in [0.25, 0.3) is 5.57 Å². The normalized spacial score (nSPS) is 15.7. The number of hydrogen-bond acceptors (Lipinski definition) is 5. The molecular formula is C18H19ClN4O4. The number of carboxylic acids is 2. The molecule has 142 valence electrons. The Morgan fingerprint density at radius 2 is 1.81 bits per heavy atom. The Hall–Kier alpha value is -2.71. The molecule has 27 heavy (non-hydrogen) atoms. The zero-order valence-electron chi connectivity index (χ0n) is 14.5. The lowest BCUT2D eigenvalue weighted by atomic mass is 9.90. The molecule has 1 saturated heterocycles. The van der Waals surface area contributed by atoms with Crippen LogP contribution in [0.1, 0.15) is 29.8 Å². The highest BCUT2D eigenvalue weighted by Crippen LogP contribution is 2.35. The minimum Gasteiger partial charge on any atom is -0.473 e. The maximum atomic E-state index is 9.10. The zero-order valence-corrected chi connectivity index (χ0v) is 15.2. The number of hydrogen-bond donors (Lipinski definition) is 3. The average Bonchev–Trinajstić information content (AvgIpc) is 3.05. The summed E-state index contributed by atoms with van der Waals surface area (Å²) in [4.78, 5) is 22.7. The molecule has 3 N–H and O–H groups in total. The minimum absolute atomic E-state index is 0.786. The van der Waals surface area contributed by atoms with Crippen molar-refractivity contribution >= 4 is 29.1 Å². The minimum atomic E-state index is -1.82. The van der Waals surface area contributed by atoms with Gasteiger partial charge in [-0.25, -0.2) is 19.3 Å². The van der Waals surface area contributed by atoms with Crippen LogP contribution in [-0.4, -0.2) is 50.0 Å². The van der Waals surface area contributed by atoms with Crippen molar-refractivity contribution in [2.75, 3.05) is 13.1 Å². The van der Waals surface area contributed by atoms with Crippen LogP contribution in [0.4, 0.5) is 0 Å². The lowest BCUT2D eigenvalue weighted by molar-refractivity contribution is -0.159. The number of fused-ring (bicyclic) bond motifs is 2. The Labute approximate surface area is 160 Å². The van der Waals surface area contributed by atoms with E-state index in [1.807, 2.05) is 10.7 Å². The summed E-state index contributed by atoms with van der Waals surface area (Å²) in [5, 5.41) is 23.4. The molecule has 0 saturated carbocycles. The van der Waals surface area contributed by atoms with Gasteiger partial charge in [0.2, 0.25) is 0 Å². The molecule has 2 aliphatic heterocycles. The number of aliphatic carboxylic acids is 2. The third-order valence-electron chi connectivity index (χ3n) is 4.52. The number of nitrogens with zero attached hydrogens (tertiary/aromatic N) is 3. The highest BCUT2D eigenvalue weighted by molar-refractivity contribution is 6.30. The first-order chi connectivity index (χ1) is 13.0. The largest absolute Gasteiger partial charge is 0.473 e. The molecule has 0 radical (unpaired) electrons. The fourth-order valence-corrected chi connectivity index (χ4v) is 3.47. The lowest BCUT2D eigenvalue weighted by Gasteiger charge is -2.20. The first kappa shape index (κ1) is 19.1. The van der Waals surface area contributed by atoms with Crippen LogP contribution < -0.4 is 5.32 Å². The Morgan fingerprint density at radius 3 is 2.48 bits per heavy atom. The molecule has 0 unspecified atom stereocenters. The summed E-state index contributed by atoms with van der Waals surface area (Å²) in [5.41, 5.74) is 5.30. The van der Waals surface area contributed by atoms with Crippen LogP contribution in [0.5, 0.6) is 0 Å². The summed E-state index contributed by atoms with van der Waals surface area (Å²) in [6.45, 7) is 2.94. The number of rotatable bonds is 0. The summed E-state index contributed by atoms with van der Waals surface area (Å²) in [7, 11) is 0. The van der Waals surface area contributed by atoms with Gasteiger partial charge in [0.05, 0.1) is 0 Å². The van der Waals surface area contributed by atoms with Crippen molar-refractivity contribution in [1.29, 1.82) is 0 Å². The second-order valence-electron chi connectivity index (χ2n) is 6.20. The smallest absolute Gasteiger partial charge is 0.414 e. The van der Waals surface area contributed by atoms with E-state index in [1.165, 1.54) is 22.3 Å². The molecule has 8 nitrogen and oxygen atoms in total. The molecule has 0 amide bonds. The maximum Gasteiger partial charge on any atom is 0.414 e. The number of nitrogens with one attached hydrogen (secondary N) is 1. The summed E-state index contributed by atoms with van der Waals surface area (Å²) < 4.78 is 2.03. The van der Waals surface area contributed by atoms with Crippen LogP contribution in [0.2, 0.25) is 5.02 Å². The second-order valence-corrected chi connectivity index (χ2v) is 6.63. The quantitative estimate of drug-likeness (QED) is 0.587. The highest BCUT2D eigenvalue weighted by Gasteiger charge is 2.24. The molecule has 1 aromatic heterocycles. The maximum absolute atomic E-state index is 9.10. The predicted molar refractivity (Wildman–Crippen MR) is 98.6 cm³/mol. The predicted octanol–water partition coefficient (Wildman–Crippen LogP) is 1.83. The molecule has 4 rings (SSSR count). The Morgan fingerprint density at radius 1 is 1.11 bits per heavy atom. The molecule has 0 spiro atoms. The fourth-order valence-electron chi connectivity index (χ4n) is 3.29. The average molecular weight is 391 g/mol. The van der Waals surface area contributed by atoms with Crippen molar-refractivity contribution in [2.45, 2.75) is 25.8 Å². The molecule has 2 aromatic rings. The van der Waals surface area contributed by atoms with Crippen LogP contribution in [-0.2, 0) is 22.6 Å². The van der Waals surface area contributed by atoms with Crippen molar-refractivity contribution in [3.63, 3.8) is 0 Å². The molecule has 1 aromatic carbocycles. The van der Waals surface area contributed by atoms with Gasteiger partial charge in [-0.2, -0.15) is 5.10 Å². The van der Waals surface area contributed by atoms with E-state index in [0.29, 0.717) is 0 Å². The van der Waals surface area contributed by atoms with Gasteiger partial charge in [0.15, 0.2) is 5.82 Å². The Kier molecular flexibility index (Phi) is 5.88. The summed E-state index contributed by atoms with van der Waals surface area (Å²) in [5.74, 6) is -2.65. The van der Waals surface area contributed by atoms with E-state index in [9.17, 15) is 0 Å². The van der Waals surface area contributed by atoms with Crippen molar-refractivity contribution in [3.8, 4) is 0 Å². The van der Waals surface area contributed by atoms with Crippen molar-refractivity contribution in [2.24, 2.45) is 0 Å². The van der Waals surface area contributed by atoms with Crippen molar-refractivity contribution in [1.82, 2.24) is 20.1 Å². The topological polar surface area (TPSA) is 117 Å². The van der Waals surface area contributed by atoms with E-state index in [2.05, 4.69) is 27.5 Å². The third-order valence-corrected chi connectivity index (χ3v) is 4.75. The van der Waals surface area contributed by atoms with E-state index in [0.717, 1.165) is 49.7 Å². The summed E-state index contributed by atoms with van der Waals surface area (Å²) >= 11 is 6.26. The van der Waals surface area contributed by atoms with Crippen LogP contribution in [0.15, 0.2) is 30.1 Å². The number of halogens is 1. The molecular weight excluding hydrogens is 372 g/mol. The number of benzene rings is 1. The number of piperidine rings is 1. The van der Waals surface area contributed by atoms with Gasteiger partial charge < -0.3 is 15.5 Å². The number of carboxylic acid groups (broad SMARTS) is 2. The third kappa shape index (κ3) is 4.35. The second kappa shape index (κ2) is 8.32. The van der Waals surface area contributed by atoms with E-state index in [1.54, 1.807) is 6.33 Å². The molecule has 3 heterocycles. The van der Waals surface area contributed by atoms with Gasteiger partial charge >= 0.3 is 11.9 Å². The number of carbonyl (C=O) groups is 2. The van der Waals surface area contributed by atoms with Gasteiger partial charge in [-0.15, -0.1) is 0 Å². The molecule has 0 atom stereocenters. The molecule has 1 fully saturated rings. The highest BCUT2D eigenvalue weighted by atomic mass is 35.5. The van der Waals surface area contributed by atoms with Crippen molar-refractivity contribution < 1.29 is 19.8 Å². The van der Waals surface area contributed by atoms with E-state index in [4.69, 9.17) is 31.4 Å². The van der Waals surface area contributed by atoms with Crippen LogP contribution >= 0.6 is 11.6 Å². The van der Waals surface area contributed by atoms with Gasteiger partial charge in [-0.3, -0.25) is 0 Å².